The molecule has 5 nitrogen and oxygen atoms in total. The molecular formula is C22H27N3O2. The third kappa shape index (κ3) is 5.17. The molecule has 0 bridgehead atoms. The Morgan fingerprint density at radius 1 is 1.15 bits per heavy atom. The zero-order chi connectivity index (χ0) is 19.2. The maximum absolute atomic E-state index is 12.9. The summed E-state index contributed by atoms with van der Waals surface area (Å²) in [5, 5.41) is 3.15. The van der Waals surface area contributed by atoms with Crippen LogP contribution in [0.3, 0.4) is 0 Å². The quantitative estimate of drug-likeness (QED) is 0.821. The van der Waals surface area contributed by atoms with Gasteiger partial charge in [-0.3, -0.25) is 9.59 Å². The molecule has 1 N–H and O–H groups in total. The van der Waals surface area contributed by atoms with Crippen LogP contribution in [0.1, 0.15) is 40.4 Å². The van der Waals surface area contributed by atoms with E-state index in [9.17, 15) is 9.59 Å². The van der Waals surface area contributed by atoms with Crippen molar-refractivity contribution in [3.05, 3.63) is 71.3 Å². The minimum atomic E-state index is -0.0969. The largest absolute Gasteiger partial charge is 0.344 e. The predicted molar refractivity (Wildman–Crippen MR) is 106 cm³/mol. The van der Waals surface area contributed by atoms with Gasteiger partial charge < -0.3 is 15.1 Å². The van der Waals surface area contributed by atoms with Crippen molar-refractivity contribution in [2.45, 2.75) is 25.4 Å². The number of hydrogen-bond acceptors (Lipinski definition) is 3. The van der Waals surface area contributed by atoms with E-state index in [1.807, 2.05) is 73.6 Å². The van der Waals surface area contributed by atoms with E-state index in [-0.39, 0.29) is 17.9 Å². The summed E-state index contributed by atoms with van der Waals surface area (Å²) in [7, 11) is 3.99. The Balaban J connectivity index is 1.72. The zero-order valence-electron chi connectivity index (χ0n) is 16.0. The smallest absolute Gasteiger partial charge is 0.251 e. The van der Waals surface area contributed by atoms with E-state index in [1.165, 1.54) is 0 Å². The number of amides is 2. The van der Waals surface area contributed by atoms with Gasteiger partial charge in [0.15, 0.2) is 0 Å². The Hall–Kier alpha value is -2.66. The van der Waals surface area contributed by atoms with E-state index in [0.717, 1.165) is 30.6 Å². The highest BCUT2D eigenvalue weighted by Gasteiger charge is 2.21. The number of nitrogens with one attached hydrogen (secondary N) is 1. The minimum absolute atomic E-state index is 0.0856. The highest BCUT2D eigenvalue weighted by Crippen LogP contribution is 2.17. The van der Waals surface area contributed by atoms with E-state index in [2.05, 4.69) is 10.2 Å². The van der Waals surface area contributed by atoms with Crippen LogP contribution in [0, 0.1) is 0 Å². The Morgan fingerprint density at radius 3 is 2.59 bits per heavy atom. The highest BCUT2D eigenvalue weighted by molar-refractivity contribution is 5.94. The molecule has 27 heavy (non-hydrogen) atoms. The van der Waals surface area contributed by atoms with Crippen LogP contribution in [0.4, 0.5) is 0 Å². The average molecular weight is 365 g/mol. The van der Waals surface area contributed by atoms with Crippen LogP contribution in [-0.4, -0.2) is 48.8 Å². The zero-order valence-corrected chi connectivity index (χ0v) is 16.0. The van der Waals surface area contributed by atoms with Gasteiger partial charge in [-0.2, -0.15) is 0 Å². The first-order chi connectivity index (χ1) is 13.0. The van der Waals surface area contributed by atoms with Crippen molar-refractivity contribution in [3.8, 4) is 0 Å². The normalized spacial score (nSPS) is 15.2. The van der Waals surface area contributed by atoms with Crippen LogP contribution < -0.4 is 5.32 Å². The standard InChI is InChI=1S/C22H27N3O2/c1-24(2)16-20(18-9-4-3-5-10-18)23-22(27)19-11-6-8-17(14-19)15-25-13-7-12-21(25)26/h3-6,8-11,14,20H,7,12-13,15-16H2,1-2H3,(H,23,27)/t20-/m1/s1. The van der Waals surface area contributed by atoms with Crippen molar-refractivity contribution in [1.29, 1.82) is 0 Å². The molecule has 5 heteroatoms. The highest BCUT2D eigenvalue weighted by atomic mass is 16.2. The maximum Gasteiger partial charge on any atom is 0.251 e. The van der Waals surface area contributed by atoms with Crippen molar-refractivity contribution in [2.24, 2.45) is 0 Å². The number of rotatable bonds is 7. The first-order valence-electron chi connectivity index (χ1n) is 9.40. The summed E-state index contributed by atoms with van der Waals surface area (Å²) in [6.07, 6.45) is 1.55. The second-order valence-electron chi connectivity index (χ2n) is 7.32. The lowest BCUT2D eigenvalue weighted by atomic mass is 10.0. The van der Waals surface area contributed by atoms with Gasteiger partial charge in [0.2, 0.25) is 5.91 Å². The van der Waals surface area contributed by atoms with Crippen molar-refractivity contribution in [3.63, 3.8) is 0 Å². The molecule has 1 saturated heterocycles. The van der Waals surface area contributed by atoms with Crippen LogP contribution >= 0.6 is 0 Å². The van der Waals surface area contributed by atoms with Crippen LogP contribution in [-0.2, 0) is 11.3 Å². The summed E-state index contributed by atoms with van der Waals surface area (Å²) < 4.78 is 0. The molecule has 0 spiro atoms. The fourth-order valence-corrected chi connectivity index (χ4v) is 3.43. The minimum Gasteiger partial charge on any atom is -0.344 e. The summed E-state index contributed by atoms with van der Waals surface area (Å²) in [6, 6.07) is 17.5. The SMILES string of the molecule is CN(C)C[C@@H](NC(=O)c1cccc(CN2CCCC2=O)c1)c1ccccc1. The lowest BCUT2D eigenvalue weighted by Gasteiger charge is -2.23. The van der Waals surface area contributed by atoms with Gasteiger partial charge in [0, 0.05) is 31.6 Å². The number of carbonyl (C=O) groups is 2. The van der Waals surface area contributed by atoms with Crippen LogP contribution in [0.25, 0.3) is 0 Å². The predicted octanol–water partition coefficient (Wildman–Crippen LogP) is 2.84. The van der Waals surface area contributed by atoms with E-state index in [4.69, 9.17) is 0 Å². The second-order valence-corrected chi connectivity index (χ2v) is 7.32. The number of benzene rings is 2. The molecule has 0 saturated carbocycles. The van der Waals surface area contributed by atoms with E-state index >= 15 is 0 Å². The number of nitrogens with zero attached hydrogens (tertiary/aromatic N) is 2. The van der Waals surface area contributed by atoms with Gasteiger partial charge in [-0.05, 0) is 43.8 Å². The molecule has 1 fully saturated rings. The maximum atomic E-state index is 12.9. The summed E-state index contributed by atoms with van der Waals surface area (Å²) in [5.41, 5.74) is 2.69. The van der Waals surface area contributed by atoms with Crippen molar-refractivity contribution >= 4 is 11.8 Å². The van der Waals surface area contributed by atoms with Gasteiger partial charge >= 0.3 is 0 Å². The van der Waals surface area contributed by atoms with Crippen molar-refractivity contribution in [1.82, 2.24) is 15.1 Å². The lowest BCUT2D eigenvalue weighted by molar-refractivity contribution is -0.128. The Bertz CT molecular complexity index is 789. The third-order valence-corrected chi connectivity index (χ3v) is 4.79. The topological polar surface area (TPSA) is 52.7 Å². The summed E-state index contributed by atoms with van der Waals surface area (Å²) in [5.74, 6) is 0.0975. The molecule has 0 aliphatic carbocycles. The molecule has 1 heterocycles. The number of hydrogen-bond donors (Lipinski definition) is 1. The van der Waals surface area contributed by atoms with Gasteiger partial charge in [0.05, 0.1) is 6.04 Å². The summed E-state index contributed by atoms with van der Waals surface area (Å²) in [6.45, 7) is 2.09. The fourth-order valence-electron chi connectivity index (χ4n) is 3.43. The second kappa shape index (κ2) is 8.82. The number of likely N-dealkylation sites (tertiary alicyclic amines) is 1. The molecule has 1 atom stereocenters. The molecule has 2 aromatic carbocycles. The van der Waals surface area contributed by atoms with Crippen LogP contribution in [0.5, 0.6) is 0 Å². The fraction of sp³-hybridized carbons (Fsp3) is 0.364. The molecule has 0 unspecified atom stereocenters. The first kappa shape index (κ1) is 19.1. The Kier molecular flexibility index (Phi) is 6.24. The van der Waals surface area contributed by atoms with E-state index < -0.39 is 0 Å². The average Bonchev–Trinajstić information content (AvgIpc) is 3.06. The molecule has 2 aromatic rings. The first-order valence-corrected chi connectivity index (χ1v) is 9.40. The molecular weight excluding hydrogens is 338 g/mol. The van der Waals surface area contributed by atoms with Gasteiger partial charge in [0.25, 0.3) is 5.91 Å². The molecule has 0 radical (unpaired) electrons. The molecule has 142 valence electrons. The molecule has 0 aromatic heterocycles. The number of carbonyl (C=O) groups excluding carboxylic acids is 2. The molecule has 1 aliphatic heterocycles. The number of likely N-dealkylation sites (N-methyl/N-ethyl adjacent to an activating group) is 1. The van der Waals surface area contributed by atoms with Gasteiger partial charge in [-0.1, -0.05) is 42.5 Å². The van der Waals surface area contributed by atoms with E-state index in [0.29, 0.717) is 18.5 Å². The Morgan fingerprint density at radius 2 is 1.93 bits per heavy atom. The molecule has 2 amide bonds. The van der Waals surface area contributed by atoms with Gasteiger partial charge in [-0.15, -0.1) is 0 Å². The monoisotopic (exact) mass is 365 g/mol. The van der Waals surface area contributed by atoms with Crippen molar-refractivity contribution in [2.75, 3.05) is 27.2 Å². The van der Waals surface area contributed by atoms with Crippen molar-refractivity contribution < 1.29 is 9.59 Å². The Labute approximate surface area is 161 Å². The molecule has 3 rings (SSSR count). The summed E-state index contributed by atoms with van der Waals surface area (Å²) in [4.78, 5) is 28.6. The van der Waals surface area contributed by atoms with Gasteiger partial charge in [0.1, 0.15) is 0 Å². The van der Waals surface area contributed by atoms with Crippen LogP contribution in [0.15, 0.2) is 54.6 Å². The lowest BCUT2D eigenvalue weighted by Crippen LogP contribution is -2.35. The van der Waals surface area contributed by atoms with E-state index in [1.54, 1.807) is 0 Å². The summed E-state index contributed by atoms with van der Waals surface area (Å²) >= 11 is 0. The van der Waals surface area contributed by atoms with Crippen LogP contribution in [0.2, 0.25) is 0 Å². The molecule has 1 aliphatic rings. The third-order valence-electron chi connectivity index (χ3n) is 4.79. The van der Waals surface area contributed by atoms with Gasteiger partial charge in [-0.25, -0.2) is 0 Å².